The molecule has 2 bridgehead atoms. The summed E-state index contributed by atoms with van der Waals surface area (Å²) in [5.74, 6) is -1.66. The van der Waals surface area contributed by atoms with Gasteiger partial charge in [-0.1, -0.05) is 41.7 Å². The molecule has 2 aliphatic rings. The van der Waals surface area contributed by atoms with Crippen LogP contribution in [-0.2, 0) is 9.59 Å². The number of carbonyl (C=O) groups is 2. The van der Waals surface area contributed by atoms with Gasteiger partial charge >= 0.3 is 5.97 Å². The van der Waals surface area contributed by atoms with Crippen molar-refractivity contribution >= 4 is 28.3 Å². The third kappa shape index (κ3) is 2.84. The third-order valence-corrected chi connectivity index (χ3v) is 6.69. The second-order valence-electron chi connectivity index (χ2n) is 7.01. The molecule has 130 valence electrons. The Labute approximate surface area is 150 Å². The number of rotatable bonds is 4. The zero-order chi connectivity index (χ0) is 17.6. The summed E-state index contributed by atoms with van der Waals surface area (Å²) in [7, 11) is 0. The van der Waals surface area contributed by atoms with Gasteiger partial charge in [-0.15, -0.1) is 0 Å². The monoisotopic (exact) mass is 356 g/mol. The van der Waals surface area contributed by atoms with Crippen molar-refractivity contribution in [3.05, 3.63) is 36.0 Å². The minimum atomic E-state index is -0.840. The summed E-state index contributed by atoms with van der Waals surface area (Å²) in [5, 5.41) is 13.0. The van der Waals surface area contributed by atoms with Crippen LogP contribution >= 0.6 is 11.3 Å². The van der Waals surface area contributed by atoms with E-state index in [0.717, 1.165) is 35.4 Å². The molecule has 2 fully saturated rings. The van der Waals surface area contributed by atoms with Gasteiger partial charge in [0.15, 0.2) is 5.13 Å². The highest BCUT2D eigenvalue weighted by Crippen LogP contribution is 2.52. The Morgan fingerprint density at radius 1 is 1.16 bits per heavy atom. The number of nitrogens with one attached hydrogen (secondary N) is 1. The molecule has 2 N–H and O–H groups in total. The molecule has 2 aliphatic carbocycles. The van der Waals surface area contributed by atoms with E-state index in [1.54, 1.807) is 0 Å². The molecular weight excluding hydrogens is 336 g/mol. The number of carboxylic acid groups (broad SMARTS) is 1. The number of aliphatic carboxylic acids is 1. The number of fused-ring (bicyclic) bond motifs is 2. The Morgan fingerprint density at radius 2 is 1.84 bits per heavy atom. The van der Waals surface area contributed by atoms with Crippen molar-refractivity contribution in [2.45, 2.75) is 26.2 Å². The number of aryl methyl sites for hydroxylation is 1. The van der Waals surface area contributed by atoms with Gasteiger partial charge in [0.25, 0.3) is 0 Å². The van der Waals surface area contributed by atoms with E-state index in [1.165, 1.54) is 11.3 Å². The van der Waals surface area contributed by atoms with Crippen molar-refractivity contribution in [3.63, 3.8) is 0 Å². The number of aromatic nitrogens is 1. The molecule has 6 heteroatoms. The second-order valence-corrected chi connectivity index (χ2v) is 8.01. The zero-order valence-corrected chi connectivity index (χ0v) is 14.8. The van der Waals surface area contributed by atoms with Gasteiger partial charge in [-0.05, 0) is 43.6 Å². The molecule has 25 heavy (non-hydrogen) atoms. The average Bonchev–Trinajstić information content (AvgIpc) is 3.29. The Kier molecular flexibility index (Phi) is 4.07. The quantitative estimate of drug-likeness (QED) is 0.873. The lowest BCUT2D eigenvalue weighted by Crippen LogP contribution is -2.37. The van der Waals surface area contributed by atoms with Gasteiger partial charge in [-0.3, -0.25) is 9.59 Å². The maximum atomic E-state index is 12.8. The third-order valence-electron chi connectivity index (χ3n) is 5.57. The lowest BCUT2D eigenvalue weighted by atomic mass is 9.79. The van der Waals surface area contributed by atoms with Crippen LogP contribution in [0.3, 0.4) is 0 Å². The summed E-state index contributed by atoms with van der Waals surface area (Å²) in [6, 6.07) is 9.94. The fourth-order valence-electron chi connectivity index (χ4n) is 4.52. The van der Waals surface area contributed by atoms with Gasteiger partial charge < -0.3 is 10.4 Å². The predicted octanol–water partition coefficient (Wildman–Crippen LogP) is 3.80. The van der Waals surface area contributed by atoms with Crippen molar-refractivity contribution in [2.75, 3.05) is 5.32 Å². The first-order chi connectivity index (χ1) is 12.0. The van der Waals surface area contributed by atoms with Crippen LogP contribution in [0, 0.1) is 30.6 Å². The van der Waals surface area contributed by atoms with Crippen molar-refractivity contribution in [1.29, 1.82) is 0 Å². The van der Waals surface area contributed by atoms with E-state index in [1.807, 2.05) is 37.3 Å². The van der Waals surface area contributed by atoms with Crippen LogP contribution in [0.15, 0.2) is 30.3 Å². The summed E-state index contributed by atoms with van der Waals surface area (Å²) in [6.07, 6.45) is 2.75. The molecule has 0 saturated heterocycles. The number of hydrogen-bond donors (Lipinski definition) is 2. The number of carboxylic acids is 1. The summed E-state index contributed by atoms with van der Waals surface area (Å²) in [5.41, 5.74) is 1.94. The highest BCUT2D eigenvalue weighted by Gasteiger charge is 2.54. The number of thiazole rings is 1. The molecule has 0 unspecified atom stereocenters. The summed E-state index contributed by atoms with van der Waals surface area (Å²) >= 11 is 1.44. The Bertz CT molecular complexity index is 817. The first-order valence-electron chi connectivity index (χ1n) is 8.61. The largest absolute Gasteiger partial charge is 0.481 e. The maximum absolute atomic E-state index is 12.8. The fraction of sp³-hybridized carbons (Fsp3) is 0.421. The van der Waals surface area contributed by atoms with Gasteiger partial charge in [0.1, 0.15) is 0 Å². The van der Waals surface area contributed by atoms with Crippen molar-refractivity contribution in [2.24, 2.45) is 23.7 Å². The van der Waals surface area contributed by atoms with E-state index in [-0.39, 0.29) is 17.7 Å². The number of benzene rings is 1. The first-order valence-corrected chi connectivity index (χ1v) is 9.42. The molecule has 0 radical (unpaired) electrons. The maximum Gasteiger partial charge on any atom is 0.307 e. The van der Waals surface area contributed by atoms with Crippen molar-refractivity contribution < 1.29 is 14.7 Å². The number of anilines is 1. The van der Waals surface area contributed by atoms with E-state index in [9.17, 15) is 14.7 Å². The Morgan fingerprint density at radius 3 is 2.52 bits per heavy atom. The zero-order valence-electron chi connectivity index (χ0n) is 13.9. The number of carbonyl (C=O) groups excluding carboxylic acids is 1. The number of amides is 1. The molecule has 0 spiro atoms. The standard InChI is InChI=1S/C19H20N2O3S/c1-10-16(11-5-3-2-4-6-11)25-19(20-10)21-17(22)14-12-7-8-13(9-12)15(14)18(23)24/h2-6,12-15H,7-9H2,1H3,(H,23,24)(H,20,21,22)/t12-,13-,14+,15-/m0/s1. The minimum Gasteiger partial charge on any atom is -0.481 e. The minimum absolute atomic E-state index is 0.149. The summed E-state index contributed by atoms with van der Waals surface area (Å²) in [6.45, 7) is 1.92. The van der Waals surface area contributed by atoms with Crippen molar-refractivity contribution in [3.8, 4) is 10.4 Å². The lowest BCUT2D eigenvalue weighted by Gasteiger charge is -2.26. The smallest absolute Gasteiger partial charge is 0.307 e. The summed E-state index contributed by atoms with van der Waals surface area (Å²) < 4.78 is 0. The first kappa shape index (κ1) is 16.3. The molecule has 4 rings (SSSR count). The van der Waals surface area contributed by atoms with Crippen LogP contribution in [0.25, 0.3) is 10.4 Å². The molecule has 0 aliphatic heterocycles. The van der Waals surface area contributed by atoms with E-state index < -0.39 is 17.8 Å². The predicted molar refractivity (Wildman–Crippen MR) is 96.4 cm³/mol. The summed E-state index contributed by atoms with van der Waals surface area (Å²) in [4.78, 5) is 29.9. The van der Waals surface area contributed by atoms with E-state index >= 15 is 0 Å². The molecular formula is C19H20N2O3S. The van der Waals surface area contributed by atoms with Crippen molar-refractivity contribution in [1.82, 2.24) is 4.98 Å². The molecule has 1 amide bonds. The van der Waals surface area contributed by atoms with Crippen LogP contribution in [0.2, 0.25) is 0 Å². The molecule has 2 saturated carbocycles. The molecule has 4 atom stereocenters. The molecule has 1 aromatic carbocycles. The average molecular weight is 356 g/mol. The number of nitrogens with zero attached hydrogens (tertiary/aromatic N) is 1. The van der Waals surface area contributed by atoms with Crippen LogP contribution in [-0.4, -0.2) is 22.0 Å². The number of hydrogen-bond acceptors (Lipinski definition) is 4. The van der Waals surface area contributed by atoms with Gasteiger partial charge in [-0.2, -0.15) is 0 Å². The molecule has 1 heterocycles. The van der Waals surface area contributed by atoms with Gasteiger partial charge in [0, 0.05) is 0 Å². The highest BCUT2D eigenvalue weighted by atomic mass is 32.1. The van der Waals surface area contributed by atoms with Gasteiger partial charge in [0.05, 0.1) is 22.4 Å². The van der Waals surface area contributed by atoms with Crippen LogP contribution in [0.1, 0.15) is 25.0 Å². The Balaban J connectivity index is 1.55. The normalized spacial score (nSPS) is 27.4. The van der Waals surface area contributed by atoms with Crippen LogP contribution < -0.4 is 5.32 Å². The molecule has 5 nitrogen and oxygen atoms in total. The highest BCUT2D eigenvalue weighted by molar-refractivity contribution is 7.19. The topological polar surface area (TPSA) is 79.3 Å². The van der Waals surface area contributed by atoms with E-state index in [4.69, 9.17) is 0 Å². The van der Waals surface area contributed by atoms with E-state index in [2.05, 4.69) is 10.3 Å². The molecule has 1 aromatic heterocycles. The van der Waals surface area contributed by atoms with Gasteiger partial charge in [-0.25, -0.2) is 4.98 Å². The van der Waals surface area contributed by atoms with Crippen LogP contribution in [0.5, 0.6) is 0 Å². The SMILES string of the molecule is Cc1nc(NC(=O)[C@@H]2[C@H]3CC[C@@H](C3)[C@@H]2C(=O)O)sc1-c1ccccc1. The lowest BCUT2D eigenvalue weighted by molar-refractivity contribution is -0.148. The van der Waals surface area contributed by atoms with Crippen LogP contribution in [0.4, 0.5) is 5.13 Å². The van der Waals surface area contributed by atoms with Gasteiger partial charge in [0.2, 0.25) is 5.91 Å². The Hall–Kier alpha value is -2.21. The molecule has 2 aromatic rings. The second kappa shape index (κ2) is 6.26. The van der Waals surface area contributed by atoms with E-state index in [0.29, 0.717) is 5.13 Å². The fourth-order valence-corrected chi connectivity index (χ4v) is 5.49.